The van der Waals surface area contributed by atoms with E-state index in [1.165, 1.54) is 0 Å². The molecular formula is C9H16O4. The molecule has 2 aliphatic heterocycles. The maximum absolute atomic E-state index is 5.69. The average molecular weight is 188 g/mol. The van der Waals surface area contributed by atoms with Crippen molar-refractivity contribution in [1.29, 1.82) is 0 Å². The van der Waals surface area contributed by atoms with Gasteiger partial charge in [-0.3, -0.25) is 0 Å². The summed E-state index contributed by atoms with van der Waals surface area (Å²) in [5, 5.41) is 0. The molecule has 0 aliphatic carbocycles. The molecule has 0 aromatic rings. The van der Waals surface area contributed by atoms with Crippen molar-refractivity contribution in [2.45, 2.75) is 24.7 Å². The minimum absolute atomic E-state index is 0.0121. The van der Waals surface area contributed by atoms with Gasteiger partial charge >= 0.3 is 0 Å². The topological polar surface area (TPSA) is 36.9 Å². The molecule has 0 bridgehead atoms. The Morgan fingerprint density at radius 3 is 2.46 bits per heavy atom. The van der Waals surface area contributed by atoms with E-state index < -0.39 is 5.79 Å². The largest absolute Gasteiger partial charge is 0.382 e. The summed E-state index contributed by atoms with van der Waals surface area (Å²) < 4.78 is 21.2. The van der Waals surface area contributed by atoms with Crippen molar-refractivity contribution in [2.24, 2.45) is 0 Å². The molecule has 0 radical (unpaired) electrons. The first-order chi connectivity index (χ1) is 6.18. The Labute approximate surface area is 78.1 Å². The Kier molecular flexibility index (Phi) is 2.32. The van der Waals surface area contributed by atoms with Gasteiger partial charge in [-0.1, -0.05) is 0 Å². The summed E-state index contributed by atoms with van der Waals surface area (Å²) in [6.45, 7) is 4.60. The normalized spacial score (nSPS) is 35.5. The van der Waals surface area contributed by atoms with E-state index in [9.17, 15) is 0 Å². The van der Waals surface area contributed by atoms with Crippen LogP contribution in [0.5, 0.6) is 0 Å². The van der Waals surface area contributed by atoms with E-state index in [1.54, 1.807) is 7.11 Å². The fourth-order valence-corrected chi connectivity index (χ4v) is 1.95. The zero-order valence-electron chi connectivity index (χ0n) is 8.17. The summed E-state index contributed by atoms with van der Waals surface area (Å²) in [4.78, 5) is 0. The molecule has 1 unspecified atom stereocenters. The summed E-state index contributed by atoms with van der Waals surface area (Å²) >= 11 is 0. The predicted molar refractivity (Wildman–Crippen MR) is 45.5 cm³/mol. The van der Waals surface area contributed by atoms with Gasteiger partial charge in [0.2, 0.25) is 0 Å². The second-order valence-corrected chi connectivity index (χ2v) is 3.93. The quantitative estimate of drug-likeness (QED) is 0.604. The second kappa shape index (κ2) is 3.20. The van der Waals surface area contributed by atoms with Gasteiger partial charge in [-0.25, -0.2) is 0 Å². The molecule has 2 aliphatic rings. The van der Waals surface area contributed by atoms with Crippen LogP contribution in [0.4, 0.5) is 0 Å². The minimum atomic E-state index is -0.400. The maximum Gasteiger partial charge on any atom is 0.169 e. The standard InChI is InChI=1S/C9H16O4/c1-8(12-4-3-10-2)5-9(13-8)6-11-7-9/h3-7H2,1-2H3. The maximum atomic E-state index is 5.69. The van der Waals surface area contributed by atoms with Crippen molar-refractivity contribution in [3.63, 3.8) is 0 Å². The van der Waals surface area contributed by atoms with E-state index in [4.69, 9.17) is 18.9 Å². The molecule has 76 valence electrons. The first kappa shape index (κ1) is 9.40. The van der Waals surface area contributed by atoms with Crippen molar-refractivity contribution < 1.29 is 18.9 Å². The smallest absolute Gasteiger partial charge is 0.169 e. The first-order valence-corrected chi connectivity index (χ1v) is 4.59. The van der Waals surface area contributed by atoms with Crippen LogP contribution in [0, 0.1) is 0 Å². The van der Waals surface area contributed by atoms with E-state index in [2.05, 4.69) is 0 Å². The van der Waals surface area contributed by atoms with E-state index in [-0.39, 0.29) is 5.60 Å². The third-order valence-electron chi connectivity index (χ3n) is 2.50. The van der Waals surface area contributed by atoms with Gasteiger partial charge in [0.15, 0.2) is 5.79 Å². The third kappa shape index (κ3) is 1.72. The molecule has 4 nitrogen and oxygen atoms in total. The third-order valence-corrected chi connectivity index (χ3v) is 2.50. The van der Waals surface area contributed by atoms with Crippen LogP contribution in [0.25, 0.3) is 0 Å². The molecular weight excluding hydrogens is 172 g/mol. The van der Waals surface area contributed by atoms with Crippen molar-refractivity contribution in [3.05, 3.63) is 0 Å². The van der Waals surface area contributed by atoms with Gasteiger partial charge in [0.1, 0.15) is 5.60 Å². The van der Waals surface area contributed by atoms with Gasteiger partial charge < -0.3 is 18.9 Å². The SMILES string of the molecule is COCCOC1(C)CC2(COC2)O1. The van der Waals surface area contributed by atoms with Crippen molar-refractivity contribution in [3.8, 4) is 0 Å². The van der Waals surface area contributed by atoms with Crippen LogP contribution < -0.4 is 0 Å². The monoisotopic (exact) mass is 188 g/mol. The van der Waals surface area contributed by atoms with Gasteiger partial charge in [0, 0.05) is 13.5 Å². The van der Waals surface area contributed by atoms with Crippen LogP contribution in [0.3, 0.4) is 0 Å². The lowest BCUT2D eigenvalue weighted by Gasteiger charge is -2.57. The zero-order chi connectivity index (χ0) is 9.36. The van der Waals surface area contributed by atoms with Crippen molar-refractivity contribution in [1.82, 2.24) is 0 Å². The summed E-state index contributed by atoms with van der Waals surface area (Å²) in [6.07, 6.45) is 0.934. The van der Waals surface area contributed by atoms with E-state index in [0.29, 0.717) is 13.2 Å². The summed E-state index contributed by atoms with van der Waals surface area (Å²) in [6, 6.07) is 0. The van der Waals surface area contributed by atoms with E-state index in [0.717, 1.165) is 19.6 Å². The fraction of sp³-hybridized carbons (Fsp3) is 1.00. The predicted octanol–water partition coefficient (Wildman–Crippen LogP) is 0.555. The van der Waals surface area contributed by atoms with Gasteiger partial charge in [-0.05, 0) is 6.92 Å². The van der Waals surface area contributed by atoms with Crippen molar-refractivity contribution >= 4 is 0 Å². The summed E-state index contributed by atoms with van der Waals surface area (Å²) in [5.74, 6) is -0.400. The van der Waals surface area contributed by atoms with Gasteiger partial charge in [0.25, 0.3) is 0 Å². The minimum Gasteiger partial charge on any atom is -0.382 e. The van der Waals surface area contributed by atoms with E-state index >= 15 is 0 Å². The Balaban J connectivity index is 1.69. The number of ether oxygens (including phenoxy) is 4. The molecule has 0 saturated carbocycles. The van der Waals surface area contributed by atoms with Crippen LogP contribution in [0.1, 0.15) is 13.3 Å². The van der Waals surface area contributed by atoms with Crippen LogP contribution in [0.2, 0.25) is 0 Å². The van der Waals surface area contributed by atoms with Crippen molar-refractivity contribution in [2.75, 3.05) is 33.5 Å². The molecule has 1 spiro atoms. The highest BCUT2D eigenvalue weighted by molar-refractivity contribution is 5.01. The molecule has 0 amide bonds. The zero-order valence-corrected chi connectivity index (χ0v) is 8.17. The molecule has 1 atom stereocenters. The molecule has 2 saturated heterocycles. The molecule has 4 heteroatoms. The molecule has 0 N–H and O–H groups in total. The van der Waals surface area contributed by atoms with Crippen LogP contribution in [0.15, 0.2) is 0 Å². The number of hydrogen-bond acceptors (Lipinski definition) is 4. The average Bonchev–Trinajstić information content (AvgIpc) is 1.97. The number of rotatable bonds is 4. The molecule has 0 aromatic carbocycles. The molecule has 13 heavy (non-hydrogen) atoms. The van der Waals surface area contributed by atoms with Crippen LogP contribution in [-0.2, 0) is 18.9 Å². The lowest BCUT2D eigenvalue weighted by Crippen LogP contribution is -2.69. The lowest BCUT2D eigenvalue weighted by molar-refractivity contribution is -0.423. The van der Waals surface area contributed by atoms with Crippen LogP contribution in [-0.4, -0.2) is 44.9 Å². The Hall–Kier alpha value is -0.160. The van der Waals surface area contributed by atoms with Crippen LogP contribution >= 0.6 is 0 Å². The summed E-state index contributed by atoms with van der Waals surface area (Å²) in [7, 11) is 1.66. The van der Waals surface area contributed by atoms with Gasteiger partial charge in [-0.2, -0.15) is 0 Å². The summed E-state index contributed by atoms with van der Waals surface area (Å²) in [5.41, 5.74) is -0.0121. The Bertz CT molecular complexity index is 180. The molecule has 2 fully saturated rings. The Morgan fingerprint density at radius 2 is 2.00 bits per heavy atom. The molecule has 0 aromatic heterocycles. The highest BCUT2D eigenvalue weighted by Gasteiger charge is 2.58. The molecule has 2 heterocycles. The highest BCUT2D eigenvalue weighted by Crippen LogP contribution is 2.46. The lowest BCUT2D eigenvalue weighted by atomic mass is 9.85. The number of methoxy groups -OCH3 is 1. The second-order valence-electron chi connectivity index (χ2n) is 3.93. The molecule has 2 rings (SSSR count). The highest BCUT2D eigenvalue weighted by atomic mass is 16.8. The number of hydrogen-bond donors (Lipinski definition) is 0. The fourth-order valence-electron chi connectivity index (χ4n) is 1.95. The van der Waals surface area contributed by atoms with Gasteiger partial charge in [-0.15, -0.1) is 0 Å². The first-order valence-electron chi connectivity index (χ1n) is 4.59. The van der Waals surface area contributed by atoms with E-state index in [1.807, 2.05) is 6.92 Å². The Morgan fingerprint density at radius 1 is 1.31 bits per heavy atom. The van der Waals surface area contributed by atoms with Gasteiger partial charge in [0.05, 0.1) is 26.4 Å².